The molecule has 0 aromatic carbocycles. The molecule has 1 heterocycles. The molecule has 3 nitrogen and oxygen atoms in total. The van der Waals surface area contributed by atoms with E-state index in [-0.39, 0.29) is 5.56 Å². The average Bonchev–Trinajstić information content (AvgIpc) is 2.36. The number of nitrogens with one attached hydrogen (secondary N) is 1. The summed E-state index contributed by atoms with van der Waals surface area (Å²) in [6.45, 7) is 2.18. The molecule has 1 aliphatic rings. The van der Waals surface area contributed by atoms with Crippen molar-refractivity contribution in [2.45, 2.75) is 50.5 Å². The Bertz CT molecular complexity index is 453. The molecule has 94 valence electrons. The van der Waals surface area contributed by atoms with Crippen molar-refractivity contribution in [3.8, 4) is 0 Å². The lowest BCUT2D eigenvalue weighted by molar-refractivity contribution is 0.667. The van der Waals surface area contributed by atoms with Crippen LogP contribution in [0, 0.1) is 0 Å². The van der Waals surface area contributed by atoms with Crippen LogP contribution in [-0.2, 0) is 12.8 Å². The van der Waals surface area contributed by atoms with Gasteiger partial charge in [-0.15, -0.1) is 11.8 Å². The number of nitrogens with two attached hydrogens (primary N) is 1. The number of aromatic amines is 1. The van der Waals surface area contributed by atoms with Gasteiger partial charge in [-0.3, -0.25) is 4.79 Å². The lowest BCUT2D eigenvalue weighted by atomic mass is 9.92. The van der Waals surface area contributed by atoms with Crippen LogP contribution < -0.4 is 11.3 Å². The molecule has 0 unspecified atom stereocenters. The maximum absolute atomic E-state index is 11.8. The molecule has 0 amide bonds. The van der Waals surface area contributed by atoms with Crippen LogP contribution in [0.1, 0.15) is 43.7 Å². The Labute approximate surface area is 106 Å². The van der Waals surface area contributed by atoms with Crippen LogP contribution in [0.25, 0.3) is 0 Å². The van der Waals surface area contributed by atoms with Crippen molar-refractivity contribution >= 4 is 17.4 Å². The van der Waals surface area contributed by atoms with E-state index in [1.165, 1.54) is 24.8 Å². The number of H-pyrrole nitrogens is 1. The van der Waals surface area contributed by atoms with Crippen LogP contribution in [0.5, 0.6) is 0 Å². The van der Waals surface area contributed by atoms with E-state index < -0.39 is 0 Å². The fourth-order valence-corrected chi connectivity index (χ4v) is 3.48. The predicted molar refractivity (Wildman–Crippen MR) is 73.7 cm³/mol. The van der Waals surface area contributed by atoms with Gasteiger partial charge in [-0.2, -0.15) is 0 Å². The predicted octanol–water partition coefficient (Wildman–Crippen LogP) is 2.73. The lowest BCUT2D eigenvalue weighted by Crippen LogP contribution is -2.20. The first-order chi connectivity index (χ1) is 8.24. The minimum atomic E-state index is -0.107. The molecule has 0 fully saturated rings. The van der Waals surface area contributed by atoms with Gasteiger partial charge in [0.15, 0.2) is 0 Å². The van der Waals surface area contributed by atoms with E-state index >= 15 is 0 Å². The number of nitrogen functional groups attached to an aromatic ring is 1. The summed E-state index contributed by atoms with van der Waals surface area (Å²) < 4.78 is 0. The summed E-state index contributed by atoms with van der Waals surface area (Å²) in [6.07, 6.45) is 6.76. The molecule has 0 spiro atoms. The Morgan fingerprint density at radius 1 is 1.29 bits per heavy atom. The van der Waals surface area contributed by atoms with Gasteiger partial charge in [0.2, 0.25) is 0 Å². The summed E-state index contributed by atoms with van der Waals surface area (Å²) in [5.41, 5.74) is 8.62. The minimum absolute atomic E-state index is 0.107. The molecule has 0 atom stereocenters. The van der Waals surface area contributed by atoms with E-state index in [1.807, 2.05) is 0 Å². The smallest absolute Gasteiger partial charge is 0.272 e. The second-order valence-electron chi connectivity index (χ2n) is 4.56. The number of anilines is 1. The summed E-state index contributed by atoms with van der Waals surface area (Å²) >= 11 is 1.77. The van der Waals surface area contributed by atoms with Gasteiger partial charge in [0.1, 0.15) is 5.69 Å². The Balaban J connectivity index is 2.31. The zero-order valence-corrected chi connectivity index (χ0v) is 11.2. The molecule has 0 saturated carbocycles. The van der Waals surface area contributed by atoms with E-state index in [0.29, 0.717) is 5.69 Å². The van der Waals surface area contributed by atoms with Crippen molar-refractivity contribution in [2.75, 3.05) is 11.5 Å². The molecule has 0 aliphatic heterocycles. The van der Waals surface area contributed by atoms with Gasteiger partial charge in [-0.25, -0.2) is 0 Å². The number of aromatic nitrogens is 1. The van der Waals surface area contributed by atoms with Crippen LogP contribution in [-0.4, -0.2) is 10.7 Å². The molecule has 4 heteroatoms. The van der Waals surface area contributed by atoms with Crippen molar-refractivity contribution < 1.29 is 0 Å². The van der Waals surface area contributed by atoms with E-state index in [2.05, 4.69) is 11.9 Å². The van der Waals surface area contributed by atoms with E-state index in [4.69, 9.17) is 5.73 Å². The van der Waals surface area contributed by atoms with Crippen LogP contribution in [0.3, 0.4) is 0 Å². The first kappa shape index (κ1) is 12.6. The van der Waals surface area contributed by atoms with E-state index in [0.717, 1.165) is 35.6 Å². The average molecular weight is 252 g/mol. The number of unbranched alkanes of at least 4 members (excludes halogenated alkanes) is 1. The molecule has 1 aliphatic carbocycles. The SMILES string of the molecule is CCCCSc1[nH]c(=O)c(N)c2c1CCCC2. The van der Waals surface area contributed by atoms with E-state index in [9.17, 15) is 4.79 Å². The number of fused-ring (bicyclic) bond motifs is 1. The molecule has 2 rings (SSSR count). The second-order valence-corrected chi connectivity index (χ2v) is 5.67. The van der Waals surface area contributed by atoms with Gasteiger partial charge in [0.05, 0.1) is 5.03 Å². The van der Waals surface area contributed by atoms with Crippen molar-refractivity contribution in [3.05, 3.63) is 21.5 Å². The Kier molecular flexibility index (Phi) is 4.15. The fourth-order valence-electron chi connectivity index (χ4n) is 2.28. The zero-order chi connectivity index (χ0) is 12.3. The number of thioether (sulfide) groups is 1. The third kappa shape index (κ3) is 2.68. The van der Waals surface area contributed by atoms with Crippen LogP contribution in [0.4, 0.5) is 5.69 Å². The number of hydrogen-bond acceptors (Lipinski definition) is 3. The molecule has 3 N–H and O–H groups in total. The lowest BCUT2D eigenvalue weighted by Gasteiger charge is -2.20. The molecule has 0 saturated heterocycles. The molecule has 0 radical (unpaired) electrons. The van der Waals surface area contributed by atoms with Gasteiger partial charge < -0.3 is 10.7 Å². The van der Waals surface area contributed by atoms with E-state index in [1.54, 1.807) is 11.8 Å². The topological polar surface area (TPSA) is 58.9 Å². The highest BCUT2D eigenvalue weighted by atomic mass is 32.2. The van der Waals surface area contributed by atoms with Crippen LogP contribution in [0.2, 0.25) is 0 Å². The summed E-state index contributed by atoms with van der Waals surface area (Å²) in [7, 11) is 0. The van der Waals surface area contributed by atoms with Gasteiger partial charge >= 0.3 is 0 Å². The summed E-state index contributed by atoms with van der Waals surface area (Å²) in [4.78, 5) is 14.7. The van der Waals surface area contributed by atoms with Gasteiger partial charge in [0.25, 0.3) is 5.56 Å². The highest BCUT2D eigenvalue weighted by Gasteiger charge is 2.18. The van der Waals surface area contributed by atoms with Gasteiger partial charge in [-0.1, -0.05) is 13.3 Å². The molecular weight excluding hydrogens is 232 g/mol. The summed E-state index contributed by atoms with van der Waals surface area (Å²) in [5.74, 6) is 1.07. The highest BCUT2D eigenvalue weighted by molar-refractivity contribution is 7.99. The first-order valence-corrected chi connectivity index (χ1v) is 7.39. The van der Waals surface area contributed by atoms with Crippen molar-refractivity contribution in [2.24, 2.45) is 0 Å². The molecule has 1 aromatic heterocycles. The summed E-state index contributed by atoms with van der Waals surface area (Å²) in [6, 6.07) is 0. The maximum Gasteiger partial charge on any atom is 0.272 e. The molecular formula is C13H20N2OS. The van der Waals surface area contributed by atoms with Crippen molar-refractivity contribution in [3.63, 3.8) is 0 Å². The molecule has 17 heavy (non-hydrogen) atoms. The van der Waals surface area contributed by atoms with Gasteiger partial charge in [0, 0.05) is 0 Å². The summed E-state index contributed by atoms with van der Waals surface area (Å²) in [5, 5.41) is 1.06. The van der Waals surface area contributed by atoms with Gasteiger partial charge in [-0.05, 0) is 49.0 Å². The highest BCUT2D eigenvalue weighted by Crippen LogP contribution is 2.31. The van der Waals surface area contributed by atoms with Crippen LogP contribution in [0.15, 0.2) is 9.82 Å². The largest absolute Gasteiger partial charge is 0.394 e. The minimum Gasteiger partial charge on any atom is -0.394 e. The van der Waals surface area contributed by atoms with Crippen molar-refractivity contribution in [1.29, 1.82) is 0 Å². The zero-order valence-electron chi connectivity index (χ0n) is 10.3. The third-order valence-electron chi connectivity index (χ3n) is 3.28. The Morgan fingerprint density at radius 3 is 2.71 bits per heavy atom. The third-order valence-corrected chi connectivity index (χ3v) is 4.41. The Morgan fingerprint density at radius 2 is 2.00 bits per heavy atom. The maximum atomic E-state index is 11.8. The Hall–Kier alpha value is -0.900. The standard InChI is InChI=1S/C13H20N2OS/c1-2-3-8-17-13-10-7-5-4-6-9(10)11(14)12(16)15-13/h2-8,14H2,1H3,(H,15,16). The number of rotatable bonds is 4. The number of pyridine rings is 1. The second kappa shape index (κ2) is 5.63. The first-order valence-electron chi connectivity index (χ1n) is 6.40. The molecule has 1 aromatic rings. The fraction of sp³-hybridized carbons (Fsp3) is 0.615. The molecule has 0 bridgehead atoms. The monoisotopic (exact) mass is 252 g/mol. The quantitative estimate of drug-likeness (QED) is 0.640. The normalized spacial score (nSPS) is 14.6. The number of hydrogen-bond donors (Lipinski definition) is 2. The van der Waals surface area contributed by atoms with Crippen LogP contribution >= 0.6 is 11.8 Å². The van der Waals surface area contributed by atoms with Crippen molar-refractivity contribution in [1.82, 2.24) is 4.98 Å².